The molecule has 98 valence electrons. The third kappa shape index (κ3) is 3.46. The van der Waals surface area contributed by atoms with Crippen molar-refractivity contribution in [3.8, 4) is 17.6 Å². The SMILES string of the molecule is COc1c(C#CC(C)(C)C)ccc(C(O)O)c1F. The molecule has 1 aromatic rings. The summed E-state index contributed by atoms with van der Waals surface area (Å²) in [5, 5.41) is 18.0. The van der Waals surface area contributed by atoms with Crippen molar-refractivity contribution in [2.24, 2.45) is 5.41 Å². The maximum Gasteiger partial charge on any atom is 0.181 e. The van der Waals surface area contributed by atoms with Gasteiger partial charge in [0.05, 0.1) is 12.7 Å². The van der Waals surface area contributed by atoms with E-state index in [1.165, 1.54) is 19.2 Å². The first-order chi connectivity index (χ1) is 8.26. The second-order valence-electron chi connectivity index (χ2n) is 4.92. The van der Waals surface area contributed by atoms with Crippen LogP contribution in [0.4, 0.5) is 4.39 Å². The Morgan fingerprint density at radius 1 is 1.28 bits per heavy atom. The molecule has 0 heterocycles. The zero-order valence-electron chi connectivity index (χ0n) is 10.9. The van der Waals surface area contributed by atoms with Crippen molar-refractivity contribution in [3.63, 3.8) is 0 Å². The van der Waals surface area contributed by atoms with Crippen molar-refractivity contribution in [1.29, 1.82) is 0 Å². The summed E-state index contributed by atoms with van der Waals surface area (Å²) in [4.78, 5) is 0. The number of halogens is 1. The topological polar surface area (TPSA) is 49.7 Å². The molecule has 1 rings (SSSR count). The lowest BCUT2D eigenvalue weighted by Gasteiger charge is -2.11. The Hall–Kier alpha value is -1.57. The number of aliphatic hydroxyl groups is 2. The van der Waals surface area contributed by atoms with Crippen LogP contribution in [0.1, 0.15) is 38.2 Å². The highest BCUT2D eigenvalue weighted by molar-refractivity contribution is 5.49. The van der Waals surface area contributed by atoms with E-state index in [-0.39, 0.29) is 16.7 Å². The molecule has 18 heavy (non-hydrogen) atoms. The number of ether oxygens (including phenoxy) is 1. The van der Waals surface area contributed by atoms with Gasteiger partial charge in [0.25, 0.3) is 0 Å². The lowest BCUT2D eigenvalue weighted by molar-refractivity contribution is -0.0451. The average molecular weight is 252 g/mol. The molecule has 0 radical (unpaired) electrons. The normalized spacial score (nSPS) is 11.1. The number of hydrogen-bond acceptors (Lipinski definition) is 3. The fourth-order valence-electron chi connectivity index (χ4n) is 1.32. The van der Waals surface area contributed by atoms with E-state index in [0.29, 0.717) is 5.56 Å². The Bertz CT molecular complexity index is 490. The second-order valence-corrected chi connectivity index (χ2v) is 4.92. The second kappa shape index (κ2) is 5.38. The van der Waals surface area contributed by atoms with Crippen LogP contribution in [0.5, 0.6) is 5.75 Å². The van der Waals surface area contributed by atoms with Gasteiger partial charge < -0.3 is 14.9 Å². The van der Waals surface area contributed by atoms with Gasteiger partial charge in [0, 0.05) is 11.0 Å². The smallest absolute Gasteiger partial charge is 0.181 e. The fourth-order valence-corrected chi connectivity index (χ4v) is 1.32. The number of benzene rings is 1. The molecule has 0 aliphatic heterocycles. The standard InChI is InChI=1S/C14H17FO3/c1-14(2,3)8-7-9-5-6-10(13(16)17)11(15)12(9)18-4/h5-6,13,16-17H,1-4H3. The molecule has 1 aromatic carbocycles. The molecule has 0 bridgehead atoms. The maximum atomic E-state index is 13.9. The van der Waals surface area contributed by atoms with Crippen molar-refractivity contribution in [2.75, 3.05) is 7.11 Å². The molecule has 0 aliphatic carbocycles. The van der Waals surface area contributed by atoms with E-state index < -0.39 is 12.1 Å². The van der Waals surface area contributed by atoms with Gasteiger partial charge >= 0.3 is 0 Å². The zero-order valence-corrected chi connectivity index (χ0v) is 10.9. The molecule has 3 nitrogen and oxygen atoms in total. The monoisotopic (exact) mass is 252 g/mol. The Labute approximate surface area is 106 Å². The molecule has 0 fully saturated rings. The first kappa shape index (κ1) is 14.5. The largest absolute Gasteiger partial charge is 0.492 e. The van der Waals surface area contributed by atoms with Crippen molar-refractivity contribution in [1.82, 2.24) is 0 Å². The van der Waals surface area contributed by atoms with Crippen molar-refractivity contribution >= 4 is 0 Å². The van der Waals surface area contributed by atoms with Gasteiger partial charge in [-0.3, -0.25) is 0 Å². The third-order valence-corrected chi connectivity index (χ3v) is 2.18. The lowest BCUT2D eigenvalue weighted by Crippen LogP contribution is -2.03. The Balaban J connectivity index is 3.30. The van der Waals surface area contributed by atoms with Gasteiger partial charge in [0.15, 0.2) is 17.9 Å². The predicted octanol–water partition coefficient (Wildman–Crippen LogP) is 2.22. The van der Waals surface area contributed by atoms with Gasteiger partial charge in [-0.05, 0) is 32.9 Å². The Morgan fingerprint density at radius 2 is 1.89 bits per heavy atom. The summed E-state index contributed by atoms with van der Waals surface area (Å²) in [7, 11) is 1.31. The van der Waals surface area contributed by atoms with E-state index in [4.69, 9.17) is 14.9 Å². The van der Waals surface area contributed by atoms with Gasteiger partial charge in [-0.2, -0.15) is 0 Å². The van der Waals surface area contributed by atoms with Crippen LogP contribution in [0.3, 0.4) is 0 Å². The summed E-state index contributed by atoms with van der Waals surface area (Å²) in [5.74, 6) is 4.93. The number of rotatable bonds is 2. The molecule has 0 aliphatic rings. The molecule has 0 amide bonds. The number of hydrogen-bond donors (Lipinski definition) is 2. The molecule has 0 saturated carbocycles. The zero-order chi connectivity index (χ0) is 13.9. The summed E-state index contributed by atoms with van der Waals surface area (Å²) < 4.78 is 18.8. The van der Waals surface area contributed by atoms with Crippen molar-refractivity contribution < 1.29 is 19.3 Å². The van der Waals surface area contributed by atoms with Crippen LogP contribution >= 0.6 is 0 Å². The van der Waals surface area contributed by atoms with Crippen LogP contribution in [0.15, 0.2) is 12.1 Å². The van der Waals surface area contributed by atoms with Crippen LogP contribution < -0.4 is 4.74 Å². The van der Waals surface area contributed by atoms with Gasteiger partial charge in [-0.15, -0.1) is 0 Å². The van der Waals surface area contributed by atoms with Gasteiger partial charge in [0.1, 0.15) is 0 Å². The van der Waals surface area contributed by atoms with E-state index in [0.717, 1.165) is 0 Å². The third-order valence-electron chi connectivity index (χ3n) is 2.18. The van der Waals surface area contributed by atoms with Gasteiger partial charge in [-0.25, -0.2) is 4.39 Å². The molecule has 2 N–H and O–H groups in total. The van der Waals surface area contributed by atoms with Crippen LogP contribution in [0.2, 0.25) is 0 Å². The minimum Gasteiger partial charge on any atom is -0.492 e. The van der Waals surface area contributed by atoms with Gasteiger partial charge in [-0.1, -0.05) is 11.8 Å². The molecule has 0 saturated heterocycles. The summed E-state index contributed by atoms with van der Waals surface area (Å²) in [6.45, 7) is 5.82. The lowest BCUT2D eigenvalue weighted by atomic mass is 9.97. The molecular formula is C14H17FO3. The Morgan fingerprint density at radius 3 is 2.33 bits per heavy atom. The highest BCUT2D eigenvalue weighted by Crippen LogP contribution is 2.28. The van der Waals surface area contributed by atoms with E-state index in [1.807, 2.05) is 20.8 Å². The highest BCUT2D eigenvalue weighted by atomic mass is 19.1. The van der Waals surface area contributed by atoms with Crippen LogP contribution in [-0.2, 0) is 0 Å². The molecule has 0 unspecified atom stereocenters. The summed E-state index contributed by atoms with van der Waals surface area (Å²) >= 11 is 0. The summed E-state index contributed by atoms with van der Waals surface area (Å²) in [6.07, 6.45) is -1.87. The van der Waals surface area contributed by atoms with Gasteiger partial charge in [0.2, 0.25) is 0 Å². The summed E-state index contributed by atoms with van der Waals surface area (Å²) in [6, 6.07) is 2.80. The number of aliphatic hydroxyl groups excluding tert-OH is 1. The van der Waals surface area contributed by atoms with E-state index in [1.54, 1.807) is 0 Å². The highest BCUT2D eigenvalue weighted by Gasteiger charge is 2.17. The van der Waals surface area contributed by atoms with Crippen molar-refractivity contribution in [2.45, 2.75) is 27.1 Å². The first-order valence-electron chi connectivity index (χ1n) is 5.52. The summed E-state index contributed by atoms with van der Waals surface area (Å²) in [5.41, 5.74) is -0.0566. The first-order valence-corrected chi connectivity index (χ1v) is 5.52. The average Bonchev–Trinajstić information content (AvgIpc) is 2.24. The maximum absolute atomic E-state index is 13.9. The Kier molecular flexibility index (Phi) is 4.33. The minimum atomic E-state index is -1.87. The molecule has 0 atom stereocenters. The molecule has 0 aromatic heterocycles. The van der Waals surface area contributed by atoms with Crippen LogP contribution in [0, 0.1) is 23.1 Å². The van der Waals surface area contributed by atoms with Crippen molar-refractivity contribution in [3.05, 3.63) is 29.1 Å². The van der Waals surface area contributed by atoms with E-state index in [2.05, 4.69) is 11.8 Å². The quantitative estimate of drug-likeness (QED) is 0.626. The predicted molar refractivity (Wildman–Crippen MR) is 66.5 cm³/mol. The molecule has 0 spiro atoms. The fraction of sp³-hybridized carbons (Fsp3) is 0.429. The number of methoxy groups -OCH3 is 1. The molecular weight excluding hydrogens is 235 g/mol. The van der Waals surface area contributed by atoms with E-state index in [9.17, 15) is 4.39 Å². The minimum absolute atomic E-state index is 0.0719. The van der Waals surface area contributed by atoms with Crippen LogP contribution in [-0.4, -0.2) is 17.3 Å². The van der Waals surface area contributed by atoms with E-state index >= 15 is 0 Å². The molecule has 4 heteroatoms. The van der Waals surface area contributed by atoms with Crippen LogP contribution in [0.25, 0.3) is 0 Å².